The molecule has 0 fully saturated rings. The molecule has 0 aromatic heterocycles. The third-order valence-electron chi connectivity index (χ3n) is 3.96. The van der Waals surface area contributed by atoms with Gasteiger partial charge in [-0.15, -0.1) is 0 Å². The Morgan fingerprint density at radius 1 is 1.00 bits per heavy atom. The van der Waals surface area contributed by atoms with Crippen LogP contribution in [0.3, 0.4) is 0 Å². The number of hydrogen-bond donors (Lipinski definition) is 1. The smallest absolute Gasteiger partial charge is 0.138 e. The summed E-state index contributed by atoms with van der Waals surface area (Å²) >= 11 is 12.3. The van der Waals surface area contributed by atoms with Crippen molar-refractivity contribution >= 4 is 23.2 Å². The van der Waals surface area contributed by atoms with E-state index in [4.69, 9.17) is 27.9 Å². The minimum atomic E-state index is -0.384. The molecular formula is C20H15Cl2FO2. The molecular weight excluding hydrogens is 362 g/mol. The van der Waals surface area contributed by atoms with E-state index in [0.29, 0.717) is 32.5 Å². The highest BCUT2D eigenvalue weighted by Gasteiger charge is 2.18. The van der Waals surface area contributed by atoms with Crippen LogP contribution >= 0.6 is 23.2 Å². The van der Waals surface area contributed by atoms with Crippen LogP contribution in [0.15, 0.2) is 54.6 Å². The van der Waals surface area contributed by atoms with Gasteiger partial charge in [-0.2, -0.15) is 0 Å². The summed E-state index contributed by atoms with van der Waals surface area (Å²) < 4.78 is 20.5. The predicted molar refractivity (Wildman–Crippen MR) is 99.3 cm³/mol. The minimum absolute atomic E-state index is 0.0288. The van der Waals surface area contributed by atoms with Crippen molar-refractivity contribution in [1.82, 2.24) is 0 Å². The molecule has 0 aliphatic heterocycles. The largest absolute Gasteiger partial charge is 0.508 e. The van der Waals surface area contributed by atoms with Crippen LogP contribution in [0.25, 0.3) is 11.1 Å². The second kappa shape index (κ2) is 7.34. The number of rotatable bonds is 4. The van der Waals surface area contributed by atoms with Gasteiger partial charge < -0.3 is 9.84 Å². The molecule has 0 heterocycles. The molecule has 0 atom stereocenters. The molecule has 5 heteroatoms. The van der Waals surface area contributed by atoms with Gasteiger partial charge in [0.05, 0.1) is 12.7 Å². The van der Waals surface area contributed by atoms with Crippen molar-refractivity contribution in [2.75, 3.05) is 7.11 Å². The van der Waals surface area contributed by atoms with Gasteiger partial charge in [0.25, 0.3) is 0 Å². The van der Waals surface area contributed by atoms with E-state index in [1.165, 1.54) is 19.2 Å². The van der Waals surface area contributed by atoms with Crippen LogP contribution < -0.4 is 4.74 Å². The first kappa shape index (κ1) is 17.6. The van der Waals surface area contributed by atoms with E-state index in [9.17, 15) is 5.11 Å². The first-order valence-corrected chi connectivity index (χ1v) is 8.34. The Kier molecular flexibility index (Phi) is 5.16. The number of methoxy groups -OCH3 is 1. The average molecular weight is 377 g/mol. The number of aromatic hydroxyl groups is 1. The van der Waals surface area contributed by atoms with Crippen LogP contribution in [0.2, 0.25) is 10.0 Å². The maximum absolute atomic E-state index is 15.2. The molecule has 3 rings (SSSR count). The molecule has 0 unspecified atom stereocenters. The lowest BCUT2D eigenvalue weighted by Crippen LogP contribution is -1.99. The summed E-state index contributed by atoms with van der Waals surface area (Å²) in [6, 6.07) is 15.4. The number of phenolic OH excluding ortho intramolecular Hbond substituents is 1. The molecule has 0 bridgehead atoms. The predicted octanol–water partition coefficient (Wildman–Crippen LogP) is 6.10. The van der Waals surface area contributed by atoms with E-state index in [0.717, 1.165) is 5.56 Å². The van der Waals surface area contributed by atoms with Gasteiger partial charge in [-0.1, -0.05) is 59.6 Å². The standard InChI is InChI=1S/C20H15Cl2FO2/c1-25-18-8-7-13(9-15-16(21)10-14(24)11-17(15)22)20(23)19(18)12-5-3-2-4-6-12/h2-8,10-11,24H,9H2,1H3. The van der Waals surface area contributed by atoms with E-state index >= 15 is 4.39 Å². The fraction of sp³-hybridized carbons (Fsp3) is 0.100. The summed E-state index contributed by atoms with van der Waals surface area (Å²) in [5.74, 6) is 0.0417. The fourth-order valence-electron chi connectivity index (χ4n) is 2.73. The van der Waals surface area contributed by atoms with Crippen molar-refractivity contribution in [3.63, 3.8) is 0 Å². The molecule has 0 saturated carbocycles. The zero-order chi connectivity index (χ0) is 18.0. The molecule has 0 radical (unpaired) electrons. The third kappa shape index (κ3) is 3.58. The summed E-state index contributed by atoms with van der Waals surface area (Å²) in [6.45, 7) is 0. The summed E-state index contributed by atoms with van der Waals surface area (Å²) in [5, 5.41) is 10.1. The van der Waals surface area contributed by atoms with Gasteiger partial charge in [-0.25, -0.2) is 4.39 Å². The van der Waals surface area contributed by atoms with Crippen LogP contribution in [0.4, 0.5) is 4.39 Å². The van der Waals surface area contributed by atoms with Gasteiger partial charge in [-0.05, 0) is 34.9 Å². The molecule has 25 heavy (non-hydrogen) atoms. The number of hydrogen-bond acceptors (Lipinski definition) is 2. The zero-order valence-electron chi connectivity index (χ0n) is 13.4. The molecule has 0 spiro atoms. The molecule has 3 aromatic carbocycles. The maximum atomic E-state index is 15.2. The third-order valence-corrected chi connectivity index (χ3v) is 4.63. The van der Waals surface area contributed by atoms with Crippen molar-refractivity contribution in [3.05, 3.63) is 81.6 Å². The average Bonchev–Trinajstić information content (AvgIpc) is 2.59. The van der Waals surface area contributed by atoms with Crippen molar-refractivity contribution in [2.24, 2.45) is 0 Å². The highest BCUT2D eigenvalue weighted by Crippen LogP contribution is 2.37. The summed E-state index contributed by atoms with van der Waals surface area (Å²) in [4.78, 5) is 0. The number of benzene rings is 3. The maximum Gasteiger partial charge on any atom is 0.138 e. The summed E-state index contributed by atoms with van der Waals surface area (Å²) in [6.07, 6.45) is 0.202. The van der Waals surface area contributed by atoms with E-state index in [2.05, 4.69) is 0 Å². The lowest BCUT2D eigenvalue weighted by atomic mass is 9.97. The number of ether oxygens (including phenoxy) is 1. The van der Waals surface area contributed by atoms with Crippen LogP contribution in [0, 0.1) is 5.82 Å². The highest BCUT2D eigenvalue weighted by molar-refractivity contribution is 6.36. The Hall–Kier alpha value is -2.23. The van der Waals surface area contributed by atoms with Crippen LogP contribution in [0.1, 0.15) is 11.1 Å². The molecule has 128 valence electrons. The second-order valence-electron chi connectivity index (χ2n) is 5.55. The van der Waals surface area contributed by atoms with Crippen LogP contribution in [-0.4, -0.2) is 12.2 Å². The molecule has 0 saturated heterocycles. The number of halogens is 3. The second-order valence-corrected chi connectivity index (χ2v) is 6.36. The van der Waals surface area contributed by atoms with Gasteiger partial charge in [0.15, 0.2) is 0 Å². The van der Waals surface area contributed by atoms with Gasteiger partial charge in [0.1, 0.15) is 17.3 Å². The molecule has 2 nitrogen and oxygen atoms in total. The van der Waals surface area contributed by atoms with Gasteiger partial charge in [-0.3, -0.25) is 0 Å². The van der Waals surface area contributed by atoms with Gasteiger partial charge in [0.2, 0.25) is 0 Å². The minimum Gasteiger partial charge on any atom is -0.508 e. The first-order chi connectivity index (χ1) is 12.0. The van der Waals surface area contributed by atoms with Crippen molar-refractivity contribution in [3.8, 4) is 22.6 Å². The van der Waals surface area contributed by atoms with Crippen molar-refractivity contribution in [2.45, 2.75) is 6.42 Å². The van der Waals surface area contributed by atoms with E-state index in [1.807, 2.05) is 30.3 Å². The zero-order valence-corrected chi connectivity index (χ0v) is 14.9. The number of phenols is 1. The van der Waals surface area contributed by atoms with E-state index in [1.54, 1.807) is 12.1 Å². The van der Waals surface area contributed by atoms with E-state index in [-0.39, 0.29) is 18.0 Å². The Morgan fingerprint density at radius 2 is 1.64 bits per heavy atom. The molecule has 0 aliphatic carbocycles. The SMILES string of the molecule is COc1ccc(Cc2c(Cl)cc(O)cc2Cl)c(F)c1-c1ccccc1. The summed E-state index contributed by atoms with van der Waals surface area (Å²) in [7, 11) is 1.51. The van der Waals surface area contributed by atoms with Gasteiger partial charge in [0, 0.05) is 16.5 Å². The van der Waals surface area contributed by atoms with E-state index < -0.39 is 0 Å². The fourth-order valence-corrected chi connectivity index (χ4v) is 3.34. The molecule has 0 amide bonds. The topological polar surface area (TPSA) is 29.5 Å². The highest BCUT2D eigenvalue weighted by atomic mass is 35.5. The van der Waals surface area contributed by atoms with Crippen LogP contribution in [0.5, 0.6) is 11.5 Å². The lowest BCUT2D eigenvalue weighted by Gasteiger charge is -2.14. The Morgan fingerprint density at radius 3 is 2.24 bits per heavy atom. The monoisotopic (exact) mass is 376 g/mol. The lowest BCUT2D eigenvalue weighted by molar-refractivity contribution is 0.413. The normalized spacial score (nSPS) is 10.7. The molecule has 0 aliphatic rings. The Bertz CT molecular complexity index is 888. The quantitative estimate of drug-likeness (QED) is 0.595. The molecule has 1 N–H and O–H groups in total. The Balaban J connectivity index is 2.10. The van der Waals surface area contributed by atoms with Crippen molar-refractivity contribution in [1.29, 1.82) is 0 Å². The van der Waals surface area contributed by atoms with Crippen molar-refractivity contribution < 1.29 is 14.2 Å². The van der Waals surface area contributed by atoms with Gasteiger partial charge >= 0.3 is 0 Å². The molecule has 3 aromatic rings. The van der Waals surface area contributed by atoms with Crippen LogP contribution in [-0.2, 0) is 6.42 Å². The summed E-state index contributed by atoms with van der Waals surface area (Å²) in [5.41, 5.74) is 2.12. The first-order valence-electron chi connectivity index (χ1n) is 7.59. The Labute approximate surface area is 155 Å².